The molecular formula is C47H43N3O13. The highest BCUT2D eigenvalue weighted by atomic mass is 16.7. The number of ether oxygens (including phenoxy) is 6. The van der Waals surface area contributed by atoms with Crippen LogP contribution in [0.25, 0.3) is 0 Å². The van der Waals surface area contributed by atoms with Crippen molar-refractivity contribution in [3.8, 4) is 0 Å². The van der Waals surface area contributed by atoms with Crippen LogP contribution in [0.1, 0.15) is 62.2 Å². The maximum atomic E-state index is 14.6. The molecule has 4 amide bonds. The molecule has 0 spiro atoms. The summed E-state index contributed by atoms with van der Waals surface area (Å²) in [6.07, 6.45) is -10.3. The zero-order valence-electron chi connectivity index (χ0n) is 34.3. The molecule has 0 unspecified atom stereocenters. The number of anilines is 1. The van der Waals surface area contributed by atoms with E-state index >= 15 is 0 Å². The Morgan fingerprint density at radius 1 is 0.540 bits per heavy atom. The maximum Gasteiger partial charge on any atom is 0.427 e. The summed E-state index contributed by atoms with van der Waals surface area (Å²) in [5.41, 5.74) is 1.68. The Morgan fingerprint density at radius 2 is 0.937 bits per heavy atom. The van der Waals surface area contributed by atoms with E-state index in [2.05, 4.69) is 10.7 Å². The molecule has 16 heteroatoms. The Hall–Kier alpha value is -7.85. The van der Waals surface area contributed by atoms with Crippen LogP contribution in [0.3, 0.4) is 0 Å². The van der Waals surface area contributed by atoms with Crippen molar-refractivity contribution in [3.05, 3.63) is 174 Å². The average Bonchev–Trinajstić information content (AvgIpc) is 3.29. The topological polar surface area (TPSA) is 202 Å². The molecule has 6 rings (SSSR count). The van der Waals surface area contributed by atoms with Gasteiger partial charge in [0.25, 0.3) is 5.91 Å². The summed E-state index contributed by atoms with van der Waals surface area (Å²) in [6.45, 7) is 4.12. The van der Waals surface area contributed by atoms with Crippen LogP contribution in [0.4, 0.5) is 15.3 Å². The molecule has 1 aliphatic heterocycles. The lowest BCUT2D eigenvalue weighted by atomic mass is 9.93. The van der Waals surface area contributed by atoms with Crippen molar-refractivity contribution >= 4 is 47.6 Å². The molecule has 0 aliphatic carbocycles. The molecule has 5 aromatic rings. The first-order chi connectivity index (χ1) is 30.3. The predicted molar refractivity (Wildman–Crippen MR) is 224 cm³/mol. The Bertz CT molecular complexity index is 2380. The number of amides is 4. The lowest BCUT2D eigenvalue weighted by molar-refractivity contribution is -0.226. The van der Waals surface area contributed by atoms with Crippen molar-refractivity contribution in [1.82, 2.24) is 10.7 Å². The van der Waals surface area contributed by atoms with Crippen molar-refractivity contribution in [3.63, 3.8) is 0 Å². The van der Waals surface area contributed by atoms with Gasteiger partial charge >= 0.3 is 36.0 Å². The molecule has 5 aromatic carbocycles. The van der Waals surface area contributed by atoms with Gasteiger partial charge in [-0.1, -0.05) is 91.0 Å². The van der Waals surface area contributed by atoms with Gasteiger partial charge in [-0.05, 0) is 81.4 Å². The minimum atomic E-state index is -2.05. The molecular weight excluding hydrogens is 815 g/mol. The van der Waals surface area contributed by atoms with Crippen LogP contribution < -0.4 is 15.8 Å². The van der Waals surface area contributed by atoms with Gasteiger partial charge in [0.1, 0.15) is 18.3 Å². The molecule has 1 aliphatic rings. The van der Waals surface area contributed by atoms with Gasteiger partial charge in [-0.25, -0.2) is 34.2 Å². The van der Waals surface area contributed by atoms with Gasteiger partial charge in [0.2, 0.25) is 0 Å². The molecule has 5 atom stereocenters. The molecule has 0 radical (unpaired) electrons. The average molecular weight is 858 g/mol. The number of hydrogen-bond acceptors (Lipinski definition) is 13. The second-order valence-electron chi connectivity index (χ2n) is 14.8. The number of urea groups is 1. The Labute approximate surface area is 361 Å². The SMILES string of the molecule is CC(C)(C)OC(=O)NN(C(=O)NC(=O)[C@@H]1O[C@H](COC(=O)c2ccccc2)[C@@H](OC(=O)c2ccccc2)[C@H](OC(=O)c2ccccc2)[C@H]1OC(=O)c1ccccc1)c1ccccc1. The number of nitrogens with one attached hydrogen (secondary N) is 2. The Morgan fingerprint density at radius 3 is 1.38 bits per heavy atom. The number of carbonyl (C=O) groups excluding carboxylic acids is 7. The van der Waals surface area contributed by atoms with Crippen LogP contribution in [0.2, 0.25) is 0 Å². The molecule has 0 bridgehead atoms. The molecule has 0 aromatic heterocycles. The monoisotopic (exact) mass is 857 g/mol. The first-order valence-electron chi connectivity index (χ1n) is 19.6. The van der Waals surface area contributed by atoms with E-state index < -0.39 is 84.6 Å². The third-order valence-electron chi connectivity index (χ3n) is 9.09. The highest BCUT2D eigenvalue weighted by Gasteiger charge is 2.55. The summed E-state index contributed by atoms with van der Waals surface area (Å²) in [5, 5.41) is 2.87. The Kier molecular flexibility index (Phi) is 14.6. The summed E-state index contributed by atoms with van der Waals surface area (Å²) >= 11 is 0. The standard InChI is InChI=1S/C47H43N3O13/c1-47(2,3)63-46(57)49-50(34-27-17-8-18-28-34)45(56)48-40(51)39-38(62-44(55)33-25-15-7-16-26-33)37(61-43(54)32-23-13-6-14-24-32)36(60-42(53)31-21-11-5-12-22-31)35(59-39)29-58-41(52)30-19-9-4-10-20-30/h4-28,35-39H,29H2,1-3H3,(H,49,57)(H,48,51,56)/t35-,36-,37+,38-,39-/m1/s1. The predicted octanol–water partition coefficient (Wildman–Crippen LogP) is 6.47. The Balaban J connectivity index is 1.42. The summed E-state index contributed by atoms with van der Waals surface area (Å²) in [4.78, 5) is 96.5. The molecule has 63 heavy (non-hydrogen) atoms. The van der Waals surface area contributed by atoms with E-state index in [0.717, 1.165) is 0 Å². The van der Waals surface area contributed by atoms with Crippen molar-refractivity contribution in [2.75, 3.05) is 11.6 Å². The van der Waals surface area contributed by atoms with Crippen LogP contribution in [0.5, 0.6) is 0 Å². The quantitative estimate of drug-likeness (QED) is 0.0832. The lowest BCUT2D eigenvalue weighted by Gasteiger charge is -2.44. The molecule has 2 N–H and O–H groups in total. The van der Waals surface area contributed by atoms with E-state index in [-0.39, 0.29) is 27.9 Å². The zero-order valence-corrected chi connectivity index (χ0v) is 34.3. The van der Waals surface area contributed by atoms with Crippen LogP contribution in [0, 0.1) is 0 Å². The minimum absolute atomic E-state index is 0.00873. The van der Waals surface area contributed by atoms with Crippen molar-refractivity contribution in [1.29, 1.82) is 0 Å². The van der Waals surface area contributed by atoms with E-state index in [1.54, 1.807) is 112 Å². The van der Waals surface area contributed by atoms with Crippen molar-refractivity contribution in [2.24, 2.45) is 0 Å². The molecule has 1 fully saturated rings. The number of imide groups is 1. The number of hydrogen-bond donors (Lipinski definition) is 2. The van der Waals surface area contributed by atoms with Gasteiger partial charge in [-0.15, -0.1) is 0 Å². The van der Waals surface area contributed by atoms with Crippen molar-refractivity contribution < 1.29 is 62.0 Å². The van der Waals surface area contributed by atoms with E-state index in [0.29, 0.717) is 5.01 Å². The molecule has 324 valence electrons. The largest absolute Gasteiger partial charge is 0.459 e. The summed E-state index contributed by atoms with van der Waals surface area (Å²) in [5.74, 6) is -5.05. The first-order valence-corrected chi connectivity index (χ1v) is 19.6. The number of carbonyl (C=O) groups is 7. The number of rotatable bonds is 11. The number of nitrogens with zero attached hydrogens (tertiary/aromatic N) is 1. The smallest absolute Gasteiger partial charge is 0.427 e. The lowest BCUT2D eigenvalue weighted by Crippen LogP contribution is -2.66. The number of hydrazine groups is 1. The van der Waals surface area contributed by atoms with Gasteiger partial charge < -0.3 is 28.4 Å². The first kappa shape index (κ1) is 44.7. The molecule has 16 nitrogen and oxygen atoms in total. The fourth-order valence-electron chi connectivity index (χ4n) is 6.21. The summed E-state index contributed by atoms with van der Waals surface area (Å²) in [6, 6.07) is 37.4. The van der Waals surface area contributed by atoms with Crippen LogP contribution in [-0.4, -0.2) is 84.6 Å². The van der Waals surface area contributed by atoms with E-state index in [1.807, 2.05) is 0 Å². The van der Waals surface area contributed by atoms with Crippen LogP contribution in [-0.2, 0) is 33.2 Å². The van der Waals surface area contributed by atoms with Gasteiger partial charge in [-0.2, -0.15) is 5.01 Å². The fraction of sp³-hybridized carbons (Fsp3) is 0.213. The zero-order chi connectivity index (χ0) is 44.9. The van der Waals surface area contributed by atoms with E-state index in [9.17, 15) is 33.6 Å². The van der Waals surface area contributed by atoms with Gasteiger partial charge in [-0.3, -0.25) is 10.1 Å². The highest BCUT2D eigenvalue weighted by Crippen LogP contribution is 2.32. The van der Waals surface area contributed by atoms with Gasteiger partial charge in [0.15, 0.2) is 24.4 Å². The second kappa shape index (κ2) is 20.6. The maximum absolute atomic E-state index is 14.6. The van der Waals surface area contributed by atoms with Crippen molar-refractivity contribution in [2.45, 2.75) is 56.9 Å². The third-order valence-corrected chi connectivity index (χ3v) is 9.09. The minimum Gasteiger partial charge on any atom is -0.459 e. The molecule has 1 heterocycles. The fourth-order valence-corrected chi connectivity index (χ4v) is 6.21. The number of para-hydroxylation sites is 1. The number of benzene rings is 5. The molecule has 1 saturated heterocycles. The third kappa shape index (κ3) is 12.1. The van der Waals surface area contributed by atoms with Crippen LogP contribution >= 0.6 is 0 Å². The van der Waals surface area contributed by atoms with Crippen LogP contribution in [0.15, 0.2) is 152 Å². The van der Waals surface area contributed by atoms with E-state index in [1.165, 1.54) is 60.7 Å². The van der Waals surface area contributed by atoms with E-state index in [4.69, 9.17) is 28.4 Å². The summed E-state index contributed by atoms with van der Waals surface area (Å²) < 4.78 is 35.2. The number of esters is 4. The second-order valence-corrected chi connectivity index (χ2v) is 14.8. The normalized spacial score (nSPS) is 18.0. The highest BCUT2D eigenvalue weighted by molar-refractivity contribution is 6.05. The van der Waals surface area contributed by atoms with Gasteiger partial charge in [0.05, 0.1) is 27.9 Å². The van der Waals surface area contributed by atoms with Gasteiger partial charge in [0, 0.05) is 0 Å². The molecule has 0 saturated carbocycles. The summed E-state index contributed by atoms with van der Waals surface area (Å²) in [7, 11) is 0.